The van der Waals surface area contributed by atoms with Crippen LogP contribution in [0.3, 0.4) is 0 Å². The smallest absolute Gasteiger partial charge is 0.407 e. The zero-order valence-electron chi connectivity index (χ0n) is 18.6. The summed E-state index contributed by atoms with van der Waals surface area (Å²) in [6.45, 7) is 10.2. The molecule has 1 atom stereocenters. The lowest BCUT2D eigenvalue weighted by Gasteiger charge is -2.34. The third-order valence-electron chi connectivity index (χ3n) is 5.41. The quantitative estimate of drug-likeness (QED) is 0.808. The van der Waals surface area contributed by atoms with E-state index in [1.54, 1.807) is 13.2 Å². The molecule has 0 saturated carbocycles. The van der Waals surface area contributed by atoms with E-state index in [4.69, 9.17) is 9.47 Å². The standard InChI is InChI=1S/C23H33N3O4/c1-16(26-20-14-19(29-5)8-6-17(20)7-9-21(26)27)15-25-12-10-18(11-13-25)24-22(28)30-23(2,3)4/h6-9,14,16,18H,10-13,15H2,1-5H3,(H,24,28). The number of fused-ring (bicyclic) bond motifs is 1. The summed E-state index contributed by atoms with van der Waals surface area (Å²) in [6, 6.07) is 9.43. The highest BCUT2D eigenvalue weighted by Gasteiger charge is 2.25. The van der Waals surface area contributed by atoms with Gasteiger partial charge in [0, 0.05) is 43.9 Å². The lowest BCUT2D eigenvalue weighted by atomic mass is 10.0. The average molecular weight is 416 g/mol. The van der Waals surface area contributed by atoms with Crippen LogP contribution >= 0.6 is 0 Å². The number of nitrogens with one attached hydrogen (secondary N) is 1. The van der Waals surface area contributed by atoms with Crippen LogP contribution in [0.5, 0.6) is 5.75 Å². The second kappa shape index (κ2) is 9.08. The van der Waals surface area contributed by atoms with Gasteiger partial charge in [-0.25, -0.2) is 4.79 Å². The van der Waals surface area contributed by atoms with Gasteiger partial charge in [0.2, 0.25) is 0 Å². The SMILES string of the molecule is COc1ccc2ccc(=O)n(C(C)CN3CCC(NC(=O)OC(C)(C)C)CC3)c2c1. The predicted octanol–water partition coefficient (Wildman–Crippen LogP) is 3.56. The molecule has 7 nitrogen and oxygen atoms in total. The summed E-state index contributed by atoms with van der Waals surface area (Å²) in [6.07, 6.45) is 1.37. The summed E-state index contributed by atoms with van der Waals surface area (Å²) in [7, 11) is 1.63. The van der Waals surface area contributed by atoms with Gasteiger partial charge in [-0.1, -0.05) is 0 Å². The molecule has 1 amide bonds. The second-order valence-electron chi connectivity index (χ2n) is 9.04. The van der Waals surface area contributed by atoms with E-state index in [0.717, 1.165) is 49.1 Å². The fourth-order valence-corrected chi connectivity index (χ4v) is 4.00. The molecule has 1 aliphatic rings. The number of piperidine rings is 1. The molecular formula is C23H33N3O4. The van der Waals surface area contributed by atoms with Crippen molar-refractivity contribution in [2.75, 3.05) is 26.7 Å². The van der Waals surface area contributed by atoms with Crippen LogP contribution in [0.25, 0.3) is 10.9 Å². The molecule has 1 saturated heterocycles. The van der Waals surface area contributed by atoms with Crippen LogP contribution in [0.4, 0.5) is 4.79 Å². The number of aromatic nitrogens is 1. The first kappa shape index (κ1) is 22.2. The van der Waals surface area contributed by atoms with E-state index in [1.807, 2.05) is 49.6 Å². The lowest BCUT2D eigenvalue weighted by molar-refractivity contribution is 0.0476. The second-order valence-corrected chi connectivity index (χ2v) is 9.04. The number of pyridine rings is 1. The average Bonchev–Trinajstić information content (AvgIpc) is 2.67. The monoisotopic (exact) mass is 415 g/mol. The van der Waals surface area contributed by atoms with Crippen LogP contribution in [0.15, 0.2) is 35.1 Å². The van der Waals surface area contributed by atoms with Crippen LogP contribution in [-0.4, -0.2) is 53.9 Å². The summed E-state index contributed by atoms with van der Waals surface area (Å²) in [4.78, 5) is 27.0. The van der Waals surface area contributed by atoms with Gasteiger partial charge in [-0.2, -0.15) is 0 Å². The van der Waals surface area contributed by atoms with Crippen molar-refractivity contribution in [1.82, 2.24) is 14.8 Å². The van der Waals surface area contributed by atoms with Gasteiger partial charge in [0.25, 0.3) is 5.56 Å². The van der Waals surface area contributed by atoms with Gasteiger partial charge in [0.05, 0.1) is 12.6 Å². The highest BCUT2D eigenvalue weighted by Crippen LogP contribution is 2.23. The molecule has 3 rings (SSSR count). The number of carbonyl (C=O) groups is 1. The largest absolute Gasteiger partial charge is 0.497 e. The predicted molar refractivity (Wildman–Crippen MR) is 118 cm³/mol. The molecule has 0 radical (unpaired) electrons. The Morgan fingerprint density at radius 1 is 1.20 bits per heavy atom. The summed E-state index contributed by atoms with van der Waals surface area (Å²) in [5, 5.41) is 3.99. The summed E-state index contributed by atoms with van der Waals surface area (Å²) in [5.41, 5.74) is 0.384. The van der Waals surface area contributed by atoms with Crippen molar-refractivity contribution in [2.24, 2.45) is 0 Å². The van der Waals surface area contributed by atoms with E-state index in [0.29, 0.717) is 0 Å². The van der Waals surface area contributed by atoms with Gasteiger partial charge >= 0.3 is 6.09 Å². The molecule has 30 heavy (non-hydrogen) atoms. The number of alkyl carbamates (subject to hydrolysis) is 1. The minimum absolute atomic E-state index is 0.00951. The van der Waals surface area contributed by atoms with Crippen LogP contribution < -0.4 is 15.6 Å². The maximum atomic E-state index is 12.6. The Labute approximate surface area is 178 Å². The van der Waals surface area contributed by atoms with E-state index >= 15 is 0 Å². The number of carbonyl (C=O) groups excluding carboxylic acids is 1. The maximum absolute atomic E-state index is 12.6. The molecule has 1 aliphatic heterocycles. The Bertz CT molecular complexity index is 940. The molecule has 0 bridgehead atoms. The maximum Gasteiger partial charge on any atom is 0.407 e. The van der Waals surface area contributed by atoms with Crippen molar-refractivity contribution in [3.05, 3.63) is 40.7 Å². The van der Waals surface area contributed by atoms with E-state index < -0.39 is 5.60 Å². The van der Waals surface area contributed by atoms with E-state index in [2.05, 4.69) is 17.1 Å². The Morgan fingerprint density at radius 3 is 2.50 bits per heavy atom. The molecule has 1 aromatic carbocycles. The van der Waals surface area contributed by atoms with E-state index in [1.165, 1.54) is 0 Å². The third-order valence-corrected chi connectivity index (χ3v) is 5.41. The number of benzene rings is 1. The van der Waals surface area contributed by atoms with Gasteiger partial charge in [0.1, 0.15) is 11.4 Å². The summed E-state index contributed by atoms with van der Waals surface area (Å²) >= 11 is 0. The van der Waals surface area contributed by atoms with Crippen LogP contribution in [-0.2, 0) is 4.74 Å². The zero-order valence-corrected chi connectivity index (χ0v) is 18.6. The van der Waals surface area contributed by atoms with Crippen molar-refractivity contribution in [2.45, 2.75) is 58.2 Å². The van der Waals surface area contributed by atoms with Crippen LogP contribution in [0.1, 0.15) is 46.6 Å². The first-order chi connectivity index (χ1) is 14.2. The molecule has 1 aromatic heterocycles. The molecule has 1 unspecified atom stereocenters. The normalized spacial score (nSPS) is 17.0. The highest BCUT2D eigenvalue weighted by molar-refractivity contribution is 5.80. The summed E-state index contributed by atoms with van der Waals surface area (Å²) in [5.74, 6) is 0.739. The fourth-order valence-electron chi connectivity index (χ4n) is 4.00. The molecule has 1 fully saturated rings. The molecule has 2 aromatic rings. The Morgan fingerprint density at radius 2 is 1.87 bits per heavy atom. The molecule has 1 N–H and O–H groups in total. The fraction of sp³-hybridized carbons (Fsp3) is 0.565. The minimum atomic E-state index is -0.491. The lowest BCUT2D eigenvalue weighted by Crippen LogP contribution is -2.47. The Hall–Kier alpha value is -2.54. The Balaban J connectivity index is 1.63. The molecular weight excluding hydrogens is 382 g/mol. The van der Waals surface area contributed by atoms with Gasteiger partial charge in [0.15, 0.2) is 0 Å². The summed E-state index contributed by atoms with van der Waals surface area (Å²) < 4.78 is 12.6. The molecule has 0 aliphatic carbocycles. The molecule has 164 valence electrons. The number of amides is 1. The third kappa shape index (κ3) is 5.53. The van der Waals surface area contributed by atoms with Crippen molar-refractivity contribution < 1.29 is 14.3 Å². The molecule has 0 spiro atoms. The highest BCUT2D eigenvalue weighted by atomic mass is 16.6. The van der Waals surface area contributed by atoms with E-state index in [9.17, 15) is 9.59 Å². The first-order valence-electron chi connectivity index (χ1n) is 10.6. The van der Waals surface area contributed by atoms with Crippen molar-refractivity contribution in [1.29, 1.82) is 0 Å². The van der Waals surface area contributed by atoms with Crippen molar-refractivity contribution in [3.63, 3.8) is 0 Å². The number of methoxy groups -OCH3 is 1. The van der Waals surface area contributed by atoms with Gasteiger partial charge in [-0.3, -0.25) is 4.79 Å². The van der Waals surface area contributed by atoms with Crippen molar-refractivity contribution >= 4 is 17.0 Å². The first-order valence-corrected chi connectivity index (χ1v) is 10.6. The van der Waals surface area contributed by atoms with Crippen molar-refractivity contribution in [3.8, 4) is 5.75 Å². The van der Waals surface area contributed by atoms with Crippen LogP contribution in [0, 0.1) is 0 Å². The number of hydrogen-bond donors (Lipinski definition) is 1. The number of rotatable bonds is 5. The number of ether oxygens (including phenoxy) is 2. The van der Waals surface area contributed by atoms with Gasteiger partial charge in [-0.15, -0.1) is 0 Å². The number of likely N-dealkylation sites (tertiary alicyclic amines) is 1. The van der Waals surface area contributed by atoms with Crippen LogP contribution in [0.2, 0.25) is 0 Å². The zero-order chi connectivity index (χ0) is 21.9. The minimum Gasteiger partial charge on any atom is -0.497 e. The van der Waals surface area contributed by atoms with Gasteiger partial charge in [-0.05, 0) is 64.1 Å². The van der Waals surface area contributed by atoms with Gasteiger partial charge < -0.3 is 24.3 Å². The molecule has 7 heteroatoms. The van der Waals surface area contributed by atoms with E-state index in [-0.39, 0.29) is 23.7 Å². The topological polar surface area (TPSA) is 72.8 Å². The molecule has 2 heterocycles. The Kier molecular flexibility index (Phi) is 6.71. The number of hydrogen-bond acceptors (Lipinski definition) is 5. The number of nitrogens with zero attached hydrogens (tertiary/aromatic N) is 2.